The second kappa shape index (κ2) is 21.2. The SMILES string of the molecule is CC(C)CN(CC(=O)[C@H](Cc1ccc(OCP(=O)(OCc2ccccc2)OC2(C(=O)OCc3ccccc3)CC2)cc1)NC(=O)O[C@H]1CO[C@H]2OCC#C[C@H]21)S(=O)(=O)c1ccc(F)cc1. The smallest absolute Gasteiger partial charge is 0.408 e. The van der Waals surface area contributed by atoms with Crippen LogP contribution in [0.3, 0.4) is 0 Å². The number of amides is 1. The number of carbonyl (C=O) groups excluding carboxylic acids is 3. The van der Waals surface area contributed by atoms with Gasteiger partial charge in [-0.25, -0.2) is 22.4 Å². The van der Waals surface area contributed by atoms with Gasteiger partial charge < -0.3 is 33.5 Å². The predicted octanol–water partition coefficient (Wildman–Crippen LogP) is 6.79. The van der Waals surface area contributed by atoms with Gasteiger partial charge in [-0.3, -0.25) is 13.9 Å². The third-order valence-electron chi connectivity index (χ3n) is 10.6. The van der Waals surface area contributed by atoms with E-state index in [0.29, 0.717) is 5.56 Å². The van der Waals surface area contributed by atoms with Crippen molar-refractivity contribution in [1.29, 1.82) is 0 Å². The molecule has 1 N–H and O–H groups in total. The molecule has 1 amide bonds. The highest BCUT2D eigenvalue weighted by Gasteiger charge is 2.57. The van der Waals surface area contributed by atoms with E-state index in [9.17, 15) is 31.8 Å². The summed E-state index contributed by atoms with van der Waals surface area (Å²) in [6.07, 6.45) is -2.51. The molecule has 5 atom stereocenters. The zero-order valence-electron chi connectivity index (χ0n) is 35.8. The van der Waals surface area contributed by atoms with Gasteiger partial charge in [-0.15, -0.1) is 0 Å². The second-order valence-electron chi connectivity index (χ2n) is 16.3. The van der Waals surface area contributed by atoms with E-state index in [0.717, 1.165) is 39.7 Å². The molecule has 4 aromatic carbocycles. The van der Waals surface area contributed by atoms with Gasteiger partial charge in [-0.1, -0.05) is 98.5 Å². The van der Waals surface area contributed by atoms with Gasteiger partial charge in [0.05, 0.1) is 30.7 Å². The Morgan fingerprint density at radius 1 is 0.892 bits per heavy atom. The number of alkyl carbamates (subject to hydrolysis) is 1. The molecule has 0 spiro atoms. The number of fused-ring (bicyclic) bond motifs is 1. The summed E-state index contributed by atoms with van der Waals surface area (Å²) in [7, 11) is -8.41. The number of esters is 1. The van der Waals surface area contributed by atoms with Crippen LogP contribution in [0, 0.1) is 29.5 Å². The van der Waals surface area contributed by atoms with Crippen molar-refractivity contribution in [3.8, 4) is 17.6 Å². The zero-order chi connectivity index (χ0) is 46.0. The van der Waals surface area contributed by atoms with Crippen LogP contribution in [-0.2, 0) is 71.8 Å². The molecule has 1 aliphatic carbocycles. The number of nitrogens with zero attached hydrogens (tertiary/aromatic N) is 1. The summed E-state index contributed by atoms with van der Waals surface area (Å²) in [4.78, 5) is 40.7. The van der Waals surface area contributed by atoms with Crippen LogP contribution in [0.25, 0.3) is 0 Å². The average Bonchev–Trinajstić information content (AvgIpc) is 3.98. The number of nitrogens with one attached hydrogen (secondary N) is 1. The molecule has 15 nitrogen and oxygen atoms in total. The summed E-state index contributed by atoms with van der Waals surface area (Å²) in [5.74, 6) is 3.35. The summed E-state index contributed by atoms with van der Waals surface area (Å²) < 4.78 is 96.8. The topological polar surface area (TPSA) is 182 Å². The fraction of sp³-hybridized carbons (Fsp3) is 0.383. The normalized spacial score (nSPS) is 19.8. The Hall–Kier alpha value is -5.44. The number of sulfonamides is 1. The van der Waals surface area contributed by atoms with Gasteiger partial charge in [-0.2, -0.15) is 4.31 Å². The van der Waals surface area contributed by atoms with Crippen LogP contribution in [-0.4, -0.2) is 87.3 Å². The molecule has 0 radical (unpaired) electrons. The van der Waals surface area contributed by atoms with E-state index in [1.165, 1.54) is 0 Å². The van der Waals surface area contributed by atoms with E-state index < -0.39 is 84.1 Å². The second-order valence-corrected chi connectivity index (χ2v) is 20.1. The molecule has 1 unspecified atom stereocenters. The minimum absolute atomic E-state index is 0.0122. The molecule has 2 heterocycles. The fourth-order valence-electron chi connectivity index (χ4n) is 7.04. The van der Waals surface area contributed by atoms with Crippen molar-refractivity contribution in [2.75, 3.05) is 32.7 Å². The number of benzene rings is 4. The van der Waals surface area contributed by atoms with Crippen molar-refractivity contribution in [3.63, 3.8) is 0 Å². The van der Waals surface area contributed by atoms with Gasteiger partial charge in [0.25, 0.3) is 0 Å². The molecule has 0 aromatic heterocycles. The summed E-state index contributed by atoms with van der Waals surface area (Å²) in [6, 6.07) is 27.5. The number of rotatable bonds is 22. The predicted molar refractivity (Wildman–Crippen MR) is 233 cm³/mol. The Morgan fingerprint density at radius 3 is 2.20 bits per heavy atom. The first-order valence-corrected chi connectivity index (χ1v) is 24.3. The quantitative estimate of drug-likeness (QED) is 0.0495. The minimum Gasteiger partial charge on any atom is -0.481 e. The Bertz CT molecular complexity index is 2500. The molecule has 1 saturated heterocycles. The van der Waals surface area contributed by atoms with E-state index in [1.54, 1.807) is 62.4 Å². The molecular weight excluding hydrogens is 883 g/mol. The van der Waals surface area contributed by atoms with Crippen LogP contribution in [0.1, 0.15) is 43.4 Å². The number of hydrogen-bond donors (Lipinski definition) is 1. The van der Waals surface area contributed by atoms with E-state index in [4.69, 9.17) is 32.7 Å². The first kappa shape index (κ1) is 47.5. The Morgan fingerprint density at radius 2 is 1.55 bits per heavy atom. The molecule has 65 heavy (non-hydrogen) atoms. The number of Topliss-reactive ketones (excluding diaryl/α,β-unsaturated/α-hetero) is 1. The number of hydrogen-bond acceptors (Lipinski definition) is 13. The van der Waals surface area contributed by atoms with Crippen molar-refractivity contribution >= 4 is 35.5 Å². The van der Waals surface area contributed by atoms with Gasteiger partial charge in [0, 0.05) is 6.54 Å². The number of ether oxygens (including phenoxy) is 5. The largest absolute Gasteiger partial charge is 0.481 e. The van der Waals surface area contributed by atoms with Crippen LogP contribution < -0.4 is 10.1 Å². The van der Waals surface area contributed by atoms with Crippen LogP contribution in [0.5, 0.6) is 5.75 Å². The lowest BCUT2D eigenvalue weighted by atomic mass is 10.0. The molecule has 4 aromatic rings. The zero-order valence-corrected chi connectivity index (χ0v) is 37.5. The molecular formula is C47H50FN2O13PS. The van der Waals surface area contributed by atoms with Crippen LogP contribution in [0.2, 0.25) is 0 Å². The van der Waals surface area contributed by atoms with E-state index in [2.05, 4.69) is 17.2 Å². The van der Waals surface area contributed by atoms with Crippen LogP contribution in [0.4, 0.5) is 9.18 Å². The maximum absolute atomic E-state index is 14.4. The Labute approximate surface area is 377 Å². The highest BCUT2D eigenvalue weighted by molar-refractivity contribution is 7.89. The standard InChI is InChI=1S/C47H50FN2O13PS/c1-33(2)27-50(65(55,56)39-21-17-37(48)18-22-39)28-42(51)41(49-46(53)62-43-31-58-44-40(43)14-9-25-57-44)26-34-15-19-38(20-16-34)60-32-64(54,61-30-36-12-7-4-8-13-36)63-47(23-24-47)45(52)59-29-35-10-5-3-6-11-35/h3-8,10-13,15-22,33,40-41,43-44H,23-32H2,1-2H3,(H,49,53)/t40-,41-,43-,44+,64?/m0/s1. The molecule has 3 aliphatic rings. The Kier molecular flexibility index (Phi) is 15.5. The van der Waals surface area contributed by atoms with Gasteiger partial charge in [0.1, 0.15) is 36.8 Å². The maximum Gasteiger partial charge on any atom is 0.408 e. The van der Waals surface area contributed by atoms with Gasteiger partial charge in [-0.05, 0) is 78.3 Å². The molecule has 2 fully saturated rings. The lowest BCUT2D eigenvalue weighted by Crippen LogP contribution is -2.49. The summed E-state index contributed by atoms with van der Waals surface area (Å²) in [6.45, 7) is 3.02. The fourth-order valence-corrected chi connectivity index (χ4v) is 10.2. The number of halogens is 1. The van der Waals surface area contributed by atoms with Gasteiger partial charge >= 0.3 is 19.7 Å². The monoisotopic (exact) mass is 932 g/mol. The molecule has 2 aliphatic heterocycles. The maximum atomic E-state index is 14.4. The minimum atomic E-state index is -4.28. The lowest BCUT2D eigenvalue weighted by molar-refractivity contribution is -0.156. The van der Waals surface area contributed by atoms with E-state index >= 15 is 0 Å². The van der Waals surface area contributed by atoms with E-state index in [1.807, 2.05) is 36.4 Å². The average molecular weight is 933 g/mol. The van der Waals surface area contributed by atoms with Gasteiger partial charge in [0.15, 0.2) is 24.0 Å². The molecule has 0 bridgehead atoms. The van der Waals surface area contributed by atoms with Crippen LogP contribution >= 0.6 is 7.60 Å². The lowest BCUT2D eigenvalue weighted by Gasteiger charge is -2.26. The molecule has 7 rings (SSSR count). The Balaban J connectivity index is 1.05. The van der Waals surface area contributed by atoms with Gasteiger partial charge in [0.2, 0.25) is 10.0 Å². The first-order chi connectivity index (χ1) is 31.2. The van der Waals surface area contributed by atoms with Crippen molar-refractivity contribution in [3.05, 3.63) is 132 Å². The summed E-state index contributed by atoms with van der Waals surface area (Å²) >= 11 is 0. The summed E-state index contributed by atoms with van der Waals surface area (Å²) in [5, 5.41) is 2.62. The highest BCUT2D eigenvalue weighted by Crippen LogP contribution is 2.59. The van der Waals surface area contributed by atoms with Crippen molar-refractivity contribution < 1.29 is 64.5 Å². The van der Waals surface area contributed by atoms with Crippen molar-refractivity contribution in [2.24, 2.45) is 11.8 Å². The first-order valence-electron chi connectivity index (χ1n) is 21.1. The summed E-state index contributed by atoms with van der Waals surface area (Å²) in [5.41, 5.74) is 0.568. The third-order valence-corrected chi connectivity index (χ3v) is 14.0. The molecule has 18 heteroatoms. The van der Waals surface area contributed by atoms with Crippen LogP contribution in [0.15, 0.2) is 114 Å². The van der Waals surface area contributed by atoms with E-state index in [-0.39, 0.29) is 68.8 Å². The highest BCUT2D eigenvalue weighted by atomic mass is 32.2. The number of ketones is 1. The molecule has 344 valence electrons. The van der Waals surface area contributed by atoms with Crippen molar-refractivity contribution in [1.82, 2.24) is 9.62 Å². The number of carbonyl (C=O) groups is 3. The molecule has 1 saturated carbocycles. The van der Waals surface area contributed by atoms with Crippen molar-refractivity contribution in [2.45, 2.75) is 75.3 Å². The third kappa shape index (κ3) is 12.9.